The zero-order chi connectivity index (χ0) is 21.5. The van der Waals surface area contributed by atoms with Crippen LogP contribution in [0.3, 0.4) is 0 Å². The van der Waals surface area contributed by atoms with Crippen LogP contribution in [0.4, 0.5) is 25.3 Å². The average Bonchev–Trinajstić information content (AvgIpc) is 2.93. The number of nitrogens with two attached hydrogens (primary N) is 1. The molecule has 0 atom stereocenters. The van der Waals surface area contributed by atoms with Crippen molar-refractivity contribution in [1.82, 2.24) is 24.6 Å². The highest BCUT2D eigenvalue weighted by Crippen LogP contribution is 2.29. The standard InChI is InChI=1S/C18H25F2N7O2/c1-10-12(9-27(24-10)15(19)20)13-6-14(23-16(21)22-13)26-7-11(8-26)25(5)17(28)29-18(2,3)4/h6,9,11,15H,7-8H2,1-5H3,(H2,21,22,23). The molecule has 1 amide bonds. The van der Waals surface area contributed by atoms with Crippen molar-refractivity contribution >= 4 is 17.9 Å². The Kier molecular flexibility index (Phi) is 5.33. The average molecular weight is 409 g/mol. The number of anilines is 2. The third-order valence-electron chi connectivity index (χ3n) is 4.54. The molecule has 3 rings (SSSR count). The smallest absolute Gasteiger partial charge is 0.410 e. The van der Waals surface area contributed by atoms with E-state index in [4.69, 9.17) is 10.5 Å². The van der Waals surface area contributed by atoms with Crippen molar-refractivity contribution < 1.29 is 18.3 Å². The second-order valence-electron chi connectivity index (χ2n) is 8.01. The quantitative estimate of drug-likeness (QED) is 0.828. The highest BCUT2D eigenvalue weighted by Gasteiger charge is 2.35. The Balaban J connectivity index is 1.73. The van der Waals surface area contributed by atoms with E-state index in [1.165, 1.54) is 6.20 Å². The topological polar surface area (TPSA) is 102 Å². The molecule has 29 heavy (non-hydrogen) atoms. The highest BCUT2D eigenvalue weighted by atomic mass is 19.3. The van der Waals surface area contributed by atoms with Gasteiger partial charge in [0.15, 0.2) is 0 Å². The Morgan fingerprint density at radius 1 is 1.34 bits per heavy atom. The SMILES string of the molecule is Cc1nn(C(F)F)cc1-c1cc(N2CC(N(C)C(=O)OC(C)(C)C)C2)nc(N)n1. The monoisotopic (exact) mass is 409 g/mol. The molecule has 1 fully saturated rings. The Morgan fingerprint density at radius 3 is 2.55 bits per heavy atom. The number of alkyl halides is 2. The number of halogens is 2. The van der Waals surface area contributed by atoms with Gasteiger partial charge in [-0.15, -0.1) is 0 Å². The van der Waals surface area contributed by atoms with E-state index in [1.807, 2.05) is 25.7 Å². The first-order valence-electron chi connectivity index (χ1n) is 9.14. The molecule has 9 nitrogen and oxygen atoms in total. The minimum atomic E-state index is -2.74. The van der Waals surface area contributed by atoms with Crippen LogP contribution in [0.25, 0.3) is 11.3 Å². The van der Waals surface area contributed by atoms with Gasteiger partial charge in [-0.3, -0.25) is 0 Å². The van der Waals surface area contributed by atoms with Crippen LogP contribution in [0.15, 0.2) is 12.3 Å². The zero-order valence-electron chi connectivity index (χ0n) is 17.1. The number of aromatic nitrogens is 4. The second-order valence-corrected chi connectivity index (χ2v) is 8.01. The summed E-state index contributed by atoms with van der Waals surface area (Å²) in [4.78, 5) is 24.1. The first kappa shape index (κ1) is 20.7. The summed E-state index contributed by atoms with van der Waals surface area (Å²) < 4.78 is 31.8. The molecule has 0 aliphatic carbocycles. The van der Waals surface area contributed by atoms with E-state index >= 15 is 0 Å². The number of aryl methyl sites for hydroxylation is 1. The van der Waals surface area contributed by atoms with Gasteiger partial charge in [-0.1, -0.05) is 0 Å². The van der Waals surface area contributed by atoms with E-state index in [0.29, 0.717) is 40.5 Å². The van der Waals surface area contributed by atoms with Crippen molar-refractivity contribution in [3.63, 3.8) is 0 Å². The molecule has 0 radical (unpaired) electrons. The first-order chi connectivity index (χ1) is 13.4. The lowest BCUT2D eigenvalue weighted by atomic mass is 10.1. The molecule has 0 aromatic carbocycles. The molecule has 3 heterocycles. The maximum absolute atomic E-state index is 12.9. The Hall–Kier alpha value is -2.98. The van der Waals surface area contributed by atoms with E-state index in [-0.39, 0.29) is 18.1 Å². The molecule has 158 valence electrons. The van der Waals surface area contributed by atoms with Crippen molar-refractivity contribution in [3.8, 4) is 11.3 Å². The third-order valence-corrected chi connectivity index (χ3v) is 4.54. The summed E-state index contributed by atoms with van der Waals surface area (Å²) in [6.07, 6.45) is 0.848. The second kappa shape index (κ2) is 7.45. The van der Waals surface area contributed by atoms with E-state index in [2.05, 4.69) is 15.1 Å². The summed E-state index contributed by atoms with van der Waals surface area (Å²) in [7, 11) is 1.69. The minimum absolute atomic E-state index is 0.0330. The predicted octanol–water partition coefficient (Wildman–Crippen LogP) is 2.68. The molecular formula is C18H25F2N7O2. The number of likely N-dealkylation sites (N-methyl/N-ethyl adjacent to an activating group) is 1. The maximum Gasteiger partial charge on any atom is 0.410 e. The molecule has 0 saturated carbocycles. The van der Waals surface area contributed by atoms with Gasteiger partial charge in [0.25, 0.3) is 0 Å². The molecule has 1 saturated heterocycles. The number of hydrogen-bond acceptors (Lipinski definition) is 7. The van der Waals surface area contributed by atoms with Gasteiger partial charge in [0.2, 0.25) is 5.95 Å². The third kappa shape index (κ3) is 4.54. The van der Waals surface area contributed by atoms with Crippen molar-refractivity contribution in [2.24, 2.45) is 0 Å². The van der Waals surface area contributed by atoms with E-state index in [9.17, 15) is 13.6 Å². The summed E-state index contributed by atoms with van der Waals surface area (Å²) in [5.41, 5.74) is 6.57. The largest absolute Gasteiger partial charge is 0.444 e. The van der Waals surface area contributed by atoms with Crippen LogP contribution in [-0.2, 0) is 4.74 Å². The Morgan fingerprint density at radius 2 is 2.00 bits per heavy atom. The van der Waals surface area contributed by atoms with Crippen LogP contribution >= 0.6 is 0 Å². The molecule has 2 N–H and O–H groups in total. The number of ether oxygens (including phenoxy) is 1. The molecular weight excluding hydrogens is 384 g/mol. The number of carbonyl (C=O) groups is 1. The summed E-state index contributed by atoms with van der Waals surface area (Å²) in [6.45, 7) is 5.42. The molecule has 0 unspecified atom stereocenters. The summed E-state index contributed by atoms with van der Waals surface area (Å²) in [6, 6.07) is 1.65. The summed E-state index contributed by atoms with van der Waals surface area (Å²) in [5.74, 6) is 0.594. The minimum Gasteiger partial charge on any atom is -0.444 e. The van der Waals surface area contributed by atoms with Gasteiger partial charge >= 0.3 is 12.6 Å². The number of nitrogens with zero attached hydrogens (tertiary/aromatic N) is 6. The fourth-order valence-electron chi connectivity index (χ4n) is 2.96. The van der Waals surface area contributed by atoms with Gasteiger partial charge in [0.05, 0.1) is 17.4 Å². The molecule has 11 heteroatoms. The fourth-order valence-corrected chi connectivity index (χ4v) is 2.96. The lowest BCUT2D eigenvalue weighted by Gasteiger charge is -2.44. The summed E-state index contributed by atoms with van der Waals surface area (Å²) >= 11 is 0. The van der Waals surface area contributed by atoms with E-state index in [1.54, 1.807) is 24.9 Å². The Bertz CT molecular complexity index is 904. The molecule has 2 aromatic rings. The number of nitrogen functional groups attached to an aromatic ring is 1. The Labute approximate surface area is 167 Å². The first-order valence-corrected chi connectivity index (χ1v) is 9.14. The maximum atomic E-state index is 12.9. The number of carbonyl (C=O) groups excluding carboxylic acids is 1. The molecule has 2 aromatic heterocycles. The molecule has 0 bridgehead atoms. The van der Waals surface area contributed by atoms with Gasteiger partial charge in [0, 0.05) is 38.0 Å². The van der Waals surface area contributed by atoms with E-state index in [0.717, 1.165) is 0 Å². The van der Waals surface area contributed by atoms with Crippen LogP contribution in [0.1, 0.15) is 33.0 Å². The number of amides is 1. The lowest BCUT2D eigenvalue weighted by molar-refractivity contribution is 0.0196. The van der Waals surface area contributed by atoms with Gasteiger partial charge < -0.3 is 20.3 Å². The summed E-state index contributed by atoms with van der Waals surface area (Å²) in [5, 5.41) is 3.80. The van der Waals surface area contributed by atoms with Crippen LogP contribution < -0.4 is 10.6 Å². The van der Waals surface area contributed by atoms with Gasteiger partial charge in [-0.25, -0.2) is 14.5 Å². The van der Waals surface area contributed by atoms with Crippen LogP contribution in [0, 0.1) is 6.92 Å². The van der Waals surface area contributed by atoms with Crippen LogP contribution in [-0.4, -0.2) is 62.5 Å². The highest BCUT2D eigenvalue weighted by molar-refractivity contribution is 5.70. The molecule has 1 aliphatic heterocycles. The molecule has 0 spiro atoms. The van der Waals surface area contributed by atoms with Crippen LogP contribution in [0.2, 0.25) is 0 Å². The number of hydrogen-bond donors (Lipinski definition) is 1. The molecule has 1 aliphatic rings. The fraction of sp³-hybridized carbons (Fsp3) is 0.556. The lowest BCUT2D eigenvalue weighted by Crippen LogP contribution is -2.60. The van der Waals surface area contributed by atoms with Crippen molar-refractivity contribution in [2.75, 3.05) is 30.8 Å². The van der Waals surface area contributed by atoms with Crippen molar-refractivity contribution in [3.05, 3.63) is 18.0 Å². The predicted molar refractivity (Wildman–Crippen MR) is 104 cm³/mol. The van der Waals surface area contributed by atoms with Crippen LogP contribution in [0.5, 0.6) is 0 Å². The number of rotatable bonds is 4. The van der Waals surface area contributed by atoms with Gasteiger partial charge in [-0.2, -0.15) is 18.9 Å². The zero-order valence-corrected chi connectivity index (χ0v) is 17.1. The van der Waals surface area contributed by atoms with Gasteiger partial charge in [0.1, 0.15) is 11.4 Å². The van der Waals surface area contributed by atoms with Crippen molar-refractivity contribution in [1.29, 1.82) is 0 Å². The normalized spacial score (nSPS) is 14.8. The van der Waals surface area contributed by atoms with Crippen molar-refractivity contribution in [2.45, 2.75) is 45.9 Å². The van der Waals surface area contributed by atoms with Gasteiger partial charge in [-0.05, 0) is 27.7 Å². The van der Waals surface area contributed by atoms with E-state index < -0.39 is 12.2 Å².